The smallest absolute Gasteiger partial charge is 0.230 e. The van der Waals surface area contributed by atoms with Gasteiger partial charge in [-0.25, -0.2) is 8.78 Å². The molecule has 0 aliphatic heterocycles. The molecule has 0 heterocycles. The standard InChI is InChI=1S/C25H22F2N2O2/c26-20-8-4-17(5-9-20)16-29(25(31)19-6-7-19)23-3-1-2-18(14-23)15-24(30)28-22-12-10-21(27)11-13-22/h1-5,8-14,19H,6-7,15-16H2,(H,28,30). The molecule has 0 unspecified atom stereocenters. The van der Waals surface area contributed by atoms with Gasteiger partial charge < -0.3 is 10.2 Å². The van der Waals surface area contributed by atoms with Crippen molar-refractivity contribution in [1.29, 1.82) is 0 Å². The molecule has 0 spiro atoms. The summed E-state index contributed by atoms with van der Waals surface area (Å²) in [5.74, 6) is -0.865. The number of benzene rings is 3. The van der Waals surface area contributed by atoms with Gasteiger partial charge in [0.25, 0.3) is 0 Å². The maximum Gasteiger partial charge on any atom is 0.230 e. The number of amides is 2. The highest BCUT2D eigenvalue weighted by Gasteiger charge is 2.34. The third kappa shape index (κ3) is 5.54. The molecule has 1 aliphatic rings. The Labute approximate surface area is 179 Å². The minimum atomic E-state index is -0.368. The van der Waals surface area contributed by atoms with Gasteiger partial charge in [-0.1, -0.05) is 24.3 Å². The fourth-order valence-corrected chi connectivity index (χ4v) is 3.38. The number of nitrogens with one attached hydrogen (secondary N) is 1. The van der Waals surface area contributed by atoms with E-state index in [1.165, 1.54) is 36.4 Å². The van der Waals surface area contributed by atoms with Gasteiger partial charge in [0, 0.05) is 17.3 Å². The monoisotopic (exact) mass is 420 g/mol. The Morgan fingerprint density at radius 3 is 2.16 bits per heavy atom. The number of rotatable bonds is 7. The van der Waals surface area contributed by atoms with E-state index in [4.69, 9.17) is 0 Å². The van der Waals surface area contributed by atoms with Crippen LogP contribution in [0.5, 0.6) is 0 Å². The maximum absolute atomic E-state index is 13.3. The van der Waals surface area contributed by atoms with Crippen LogP contribution in [0.1, 0.15) is 24.0 Å². The summed E-state index contributed by atoms with van der Waals surface area (Å²) in [6.45, 7) is 0.334. The second-order valence-corrected chi connectivity index (χ2v) is 7.73. The highest BCUT2D eigenvalue weighted by atomic mass is 19.1. The van der Waals surface area contributed by atoms with Crippen molar-refractivity contribution in [3.8, 4) is 0 Å². The third-order valence-corrected chi connectivity index (χ3v) is 5.16. The van der Waals surface area contributed by atoms with Gasteiger partial charge in [0.1, 0.15) is 11.6 Å². The first kappa shape index (κ1) is 20.7. The van der Waals surface area contributed by atoms with Gasteiger partial charge in [-0.15, -0.1) is 0 Å². The van der Waals surface area contributed by atoms with Gasteiger partial charge in [-0.05, 0) is 72.5 Å². The summed E-state index contributed by atoms with van der Waals surface area (Å²) in [5, 5.41) is 2.74. The Kier molecular flexibility index (Phi) is 6.07. The Morgan fingerprint density at radius 1 is 0.871 bits per heavy atom. The lowest BCUT2D eigenvalue weighted by Gasteiger charge is -2.24. The average Bonchev–Trinajstić information content (AvgIpc) is 3.60. The summed E-state index contributed by atoms with van der Waals surface area (Å²) in [6, 6.07) is 19.0. The fraction of sp³-hybridized carbons (Fsp3) is 0.200. The molecule has 31 heavy (non-hydrogen) atoms. The topological polar surface area (TPSA) is 49.4 Å². The molecule has 0 bridgehead atoms. The highest BCUT2D eigenvalue weighted by Crippen LogP contribution is 2.33. The van der Waals surface area contributed by atoms with E-state index >= 15 is 0 Å². The molecule has 3 aromatic rings. The number of anilines is 2. The maximum atomic E-state index is 13.3. The van der Waals surface area contributed by atoms with Crippen molar-refractivity contribution < 1.29 is 18.4 Å². The molecule has 2 amide bonds. The van der Waals surface area contributed by atoms with E-state index in [-0.39, 0.29) is 35.8 Å². The minimum Gasteiger partial charge on any atom is -0.326 e. The van der Waals surface area contributed by atoms with E-state index in [1.54, 1.807) is 17.0 Å². The molecule has 0 radical (unpaired) electrons. The molecule has 0 atom stereocenters. The number of carbonyl (C=O) groups is 2. The zero-order chi connectivity index (χ0) is 21.8. The largest absolute Gasteiger partial charge is 0.326 e. The van der Waals surface area contributed by atoms with Crippen LogP contribution in [-0.2, 0) is 22.6 Å². The molecule has 0 saturated heterocycles. The predicted octanol–water partition coefficient (Wildman–Crippen LogP) is 5.09. The zero-order valence-electron chi connectivity index (χ0n) is 16.9. The normalized spacial score (nSPS) is 13.0. The van der Waals surface area contributed by atoms with Crippen LogP contribution in [0.25, 0.3) is 0 Å². The van der Waals surface area contributed by atoms with E-state index in [9.17, 15) is 18.4 Å². The summed E-state index contributed by atoms with van der Waals surface area (Å²) >= 11 is 0. The van der Waals surface area contributed by atoms with Crippen molar-refractivity contribution >= 4 is 23.2 Å². The zero-order valence-corrected chi connectivity index (χ0v) is 16.9. The molecule has 6 heteroatoms. The first-order chi connectivity index (χ1) is 15.0. The van der Waals surface area contributed by atoms with Crippen LogP contribution >= 0.6 is 0 Å². The van der Waals surface area contributed by atoms with E-state index in [0.29, 0.717) is 17.9 Å². The minimum absolute atomic E-state index is 0.0193. The van der Waals surface area contributed by atoms with Crippen LogP contribution in [0.3, 0.4) is 0 Å². The van der Waals surface area contributed by atoms with Crippen LogP contribution in [0.15, 0.2) is 72.8 Å². The molecule has 1 N–H and O–H groups in total. The van der Waals surface area contributed by atoms with Crippen LogP contribution in [0.4, 0.5) is 20.2 Å². The molecule has 0 aromatic heterocycles. The lowest BCUT2D eigenvalue weighted by Crippen LogP contribution is -2.31. The van der Waals surface area contributed by atoms with Crippen LogP contribution < -0.4 is 10.2 Å². The van der Waals surface area contributed by atoms with Gasteiger partial charge in [-0.3, -0.25) is 9.59 Å². The molecule has 4 nitrogen and oxygen atoms in total. The summed E-state index contributed by atoms with van der Waals surface area (Å²) in [5.41, 5.74) is 2.80. The molecule has 3 aromatic carbocycles. The van der Waals surface area contributed by atoms with Crippen LogP contribution in [-0.4, -0.2) is 11.8 Å². The van der Waals surface area contributed by atoms with Crippen molar-refractivity contribution in [3.63, 3.8) is 0 Å². The Morgan fingerprint density at radius 2 is 1.52 bits per heavy atom. The molecule has 4 rings (SSSR count). The van der Waals surface area contributed by atoms with Crippen molar-refractivity contribution in [1.82, 2.24) is 0 Å². The number of hydrogen-bond acceptors (Lipinski definition) is 2. The van der Waals surface area contributed by atoms with E-state index in [1.807, 2.05) is 24.3 Å². The molecule has 1 aliphatic carbocycles. The van der Waals surface area contributed by atoms with Crippen molar-refractivity contribution in [2.24, 2.45) is 5.92 Å². The molecule has 1 saturated carbocycles. The number of nitrogens with zero attached hydrogens (tertiary/aromatic N) is 1. The molecule has 158 valence electrons. The van der Waals surface area contributed by atoms with E-state index in [2.05, 4.69) is 5.32 Å². The summed E-state index contributed by atoms with van der Waals surface area (Å²) in [7, 11) is 0. The predicted molar refractivity (Wildman–Crippen MR) is 115 cm³/mol. The Hall–Kier alpha value is -3.54. The van der Waals surface area contributed by atoms with Gasteiger partial charge in [0.05, 0.1) is 13.0 Å². The Bertz CT molecular complexity index is 1080. The lowest BCUT2D eigenvalue weighted by molar-refractivity contribution is -0.120. The summed E-state index contributed by atoms with van der Waals surface area (Å²) < 4.78 is 26.3. The Balaban J connectivity index is 1.50. The van der Waals surface area contributed by atoms with Crippen molar-refractivity contribution in [2.45, 2.75) is 25.8 Å². The van der Waals surface area contributed by atoms with Gasteiger partial charge >= 0.3 is 0 Å². The second kappa shape index (κ2) is 9.08. The molecular weight excluding hydrogens is 398 g/mol. The SMILES string of the molecule is O=C(Cc1cccc(N(Cc2ccc(F)cc2)C(=O)C2CC2)c1)Nc1ccc(F)cc1. The average molecular weight is 420 g/mol. The fourth-order valence-electron chi connectivity index (χ4n) is 3.38. The third-order valence-electron chi connectivity index (χ3n) is 5.16. The lowest BCUT2D eigenvalue weighted by atomic mass is 10.1. The number of halogens is 2. The molecular formula is C25H22F2N2O2. The highest BCUT2D eigenvalue weighted by molar-refractivity contribution is 5.97. The number of hydrogen-bond donors (Lipinski definition) is 1. The van der Waals surface area contributed by atoms with Crippen molar-refractivity contribution in [3.05, 3.63) is 95.6 Å². The van der Waals surface area contributed by atoms with Gasteiger partial charge in [0.2, 0.25) is 11.8 Å². The number of carbonyl (C=O) groups excluding carboxylic acids is 2. The van der Waals surface area contributed by atoms with E-state index < -0.39 is 0 Å². The first-order valence-corrected chi connectivity index (χ1v) is 10.2. The first-order valence-electron chi connectivity index (χ1n) is 10.2. The quantitative estimate of drug-likeness (QED) is 0.579. The molecule has 1 fully saturated rings. The second-order valence-electron chi connectivity index (χ2n) is 7.73. The van der Waals surface area contributed by atoms with E-state index in [0.717, 1.165) is 24.0 Å². The van der Waals surface area contributed by atoms with Gasteiger partial charge in [0.15, 0.2) is 0 Å². The van der Waals surface area contributed by atoms with Crippen LogP contribution in [0, 0.1) is 17.6 Å². The van der Waals surface area contributed by atoms with Crippen LogP contribution in [0.2, 0.25) is 0 Å². The van der Waals surface area contributed by atoms with Gasteiger partial charge in [-0.2, -0.15) is 0 Å². The van der Waals surface area contributed by atoms with Crippen molar-refractivity contribution in [2.75, 3.05) is 10.2 Å². The summed E-state index contributed by atoms with van der Waals surface area (Å²) in [4.78, 5) is 27.0. The summed E-state index contributed by atoms with van der Waals surface area (Å²) in [6.07, 6.45) is 1.87.